The predicted octanol–water partition coefficient (Wildman–Crippen LogP) is 2.46. The number of benzene rings is 1. The summed E-state index contributed by atoms with van der Waals surface area (Å²) >= 11 is 0. The Balaban J connectivity index is 2.00. The van der Waals surface area contributed by atoms with Crippen LogP contribution in [0.3, 0.4) is 0 Å². The quantitative estimate of drug-likeness (QED) is 0.905. The van der Waals surface area contributed by atoms with E-state index in [0.29, 0.717) is 0 Å². The first-order chi connectivity index (χ1) is 10.4. The van der Waals surface area contributed by atoms with Crippen molar-refractivity contribution in [2.75, 3.05) is 30.4 Å². The number of aryl methyl sites for hydroxylation is 1. The smallest absolute Gasteiger partial charge is 0.321 e. The second-order valence-corrected chi connectivity index (χ2v) is 8.21. The number of fused-ring (bicyclic) bond motifs is 1. The van der Waals surface area contributed by atoms with Gasteiger partial charge < -0.3 is 10.2 Å². The maximum Gasteiger partial charge on any atom is 0.321 e. The summed E-state index contributed by atoms with van der Waals surface area (Å²) < 4.78 is 23.0. The van der Waals surface area contributed by atoms with Gasteiger partial charge >= 0.3 is 6.03 Å². The molecule has 1 aliphatic rings. The highest BCUT2D eigenvalue weighted by molar-refractivity contribution is 7.91. The highest BCUT2D eigenvalue weighted by Crippen LogP contribution is 2.27. The Morgan fingerprint density at radius 3 is 2.73 bits per heavy atom. The first-order valence-corrected chi connectivity index (χ1v) is 9.58. The summed E-state index contributed by atoms with van der Waals surface area (Å²) in [5.74, 6) is 0.106. The van der Waals surface area contributed by atoms with Crippen LogP contribution in [-0.4, -0.2) is 44.4 Å². The Bertz CT molecular complexity index is 641. The molecule has 122 valence electrons. The maximum atomic E-state index is 12.2. The molecular weight excluding hydrogens is 300 g/mol. The van der Waals surface area contributed by atoms with E-state index >= 15 is 0 Å². The third-order valence-corrected chi connectivity index (χ3v) is 5.85. The van der Waals surface area contributed by atoms with Gasteiger partial charge in [0.25, 0.3) is 0 Å². The van der Waals surface area contributed by atoms with E-state index in [0.717, 1.165) is 24.9 Å². The van der Waals surface area contributed by atoms with Crippen molar-refractivity contribution in [1.29, 1.82) is 0 Å². The third kappa shape index (κ3) is 4.22. The van der Waals surface area contributed by atoms with Gasteiger partial charge in [0.05, 0.1) is 5.75 Å². The average Bonchev–Trinajstić information content (AvgIpc) is 2.53. The van der Waals surface area contributed by atoms with Crippen molar-refractivity contribution in [2.45, 2.75) is 32.6 Å². The van der Waals surface area contributed by atoms with Crippen LogP contribution in [0.25, 0.3) is 0 Å². The highest BCUT2D eigenvalue weighted by Gasteiger charge is 2.17. The number of rotatable bonds is 5. The van der Waals surface area contributed by atoms with Crippen molar-refractivity contribution in [2.24, 2.45) is 0 Å². The number of hydrogen-bond donors (Lipinski definition) is 1. The lowest BCUT2D eigenvalue weighted by Gasteiger charge is -2.22. The van der Waals surface area contributed by atoms with E-state index in [1.807, 2.05) is 12.1 Å². The SMILES string of the molecule is CCS(=O)(=O)CCN(C)C(=O)Nc1cccc2c1CCCC2. The Morgan fingerprint density at radius 2 is 2.00 bits per heavy atom. The van der Waals surface area contributed by atoms with Crippen LogP contribution in [0.2, 0.25) is 0 Å². The molecule has 0 fully saturated rings. The molecule has 6 heteroatoms. The zero-order valence-electron chi connectivity index (χ0n) is 13.3. The summed E-state index contributed by atoms with van der Waals surface area (Å²) in [5, 5.41) is 2.92. The number of carbonyl (C=O) groups excluding carboxylic acids is 1. The fourth-order valence-corrected chi connectivity index (χ4v) is 3.47. The molecule has 0 bridgehead atoms. The van der Waals surface area contributed by atoms with Gasteiger partial charge in [0.1, 0.15) is 0 Å². The molecule has 1 aromatic carbocycles. The van der Waals surface area contributed by atoms with Gasteiger partial charge in [-0.1, -0.05) is 19.1 Å². The van der Waals surface area contributed by atoms with Crippen molar-refractivity contribution in [3.05, 3.63) is 29.3 Å². The first kappa shape index (κ1) is 16.8. The van der Waals surface area contributed by atoms with Gasteiger partial charge in [0.15, 0.2) is 9.84 Å². The zero-order chi connectivity index (χ0) is 16.2. The minimum absolute atomic E-state index is 0.000314. The second-order valence-electron chi connectivity index (χ2n) is 5.74. The van der Waals surface area contributed by atoms with Gasteiger partial charge in [-0.25, -0.2) is 13.2 Å². The minimum Gasteiger partial charge on any atom is -0.327 e. The molecule has 2 amide bonds. The lowest BCUT2D eigenvalue weighted by molar-refractivity contribution is 0.225. The molecule has 0 spiro atoms. The van der Waals surface area contributed by atoms with Crippen LogP contribution in [0.1, 0.15) is 30.9 Å². The molecule has 2 rings (SSSR count). The topological polar surface area (TPSA) is 66.5 Å². The van der Waals surface area contributed by atoms with Crippen LogP contribution in [0.5, 0.6) is 0 Å². The Labute approximate surface area is 132 Å². The Kier molecular flexibility index (Phi) is 5.45. The molecule has 1 aromatic rings. The number of sulfone groups is 1. The monoisotopic (exact) mass is 324 g/mol. The van der Waals surface area contributed by atoms with E-state index < -0.39 is 9.84 Å². The largest absolute Gasteiger partial charge is 0.327 e. The van der Waals surface area contributed by atoms with Gasteiger partial charge in [-0.2, -0.15) is 0 Å². The summed E-state index contributed by atoms with van der Waals surface area (Å²) in [5.41, 5.74) is 3.38. The molecule has 0 saturated carbocycles. The summed E-state index contributed by atoms with van der Waals surface area (Å²) in [7, 11) is -1.44. The predicted molar refractivity (Wildman–Crippen MR) is 89.1 cm³/mol. The molecule has 0 atom stereocenters. The molecule has 1 aliphatic carbocycles. The number of anilines is 1. The molecule has 0 saturated heterocycles. The van der Waals surface area contributed by atoms with Crippen molar-refractivity contribution >= 4 is 21.6 Å². The van der Waals surface area contributed by atoms with Crippen LogP contribution in [0.4, 0.5) is 10.5 Å². The Hall–Kier alpha value is -1.56. The maximum absolute atomic E-state index is 12.2. The van der Waals surface area contributed by atoms with Crippen LogP contribution in [0, 0.1) is 0 Å². The van der Waals surface area contributed by atoms with E-state index in [9.17, 15) is 13.2 Å². The normalized spacial score (nSPS) is 14.3. The summed E-state index contributed by atoms with van der Waals surface area (Å²) in [6.45, 7) is 1.82. The van der Waals surface area contributed by atoms with E-state index in [-0.39, 0.29) is 24.1 Å². The number of hydrogen-bond acceptors (Lipinski definition) is 3. The first-order valence-electron chi connectivity index (χ1n) is 7.76. The van der Waals surface area contributed by atoms with Crippen LogP contribution < -0.4 is 5.32 Å². The molecule has 0 radical (unpaired) electrons. The minimum atomic E-state index is -3.06. The highest BCUT2D eigenvalue weighted by atomic mass is 32.2. The standard InChI is InChI=1S/C16H24N2O3S/c1-3-22(20,21)12-11-18(2)16(19)17-15-10-6-8-13-7-4-5-9-14(13)15/h6,8,10H,3-5,7,9,11-12H2,1-2H3,(H,17,19). The number of amides is 2. The van der Waals surface area contributed by atoms with Crippen LogP contribution in [0.15, 0.2) is 18.2 Å². The van der Waals surface area contributed by atoms with Gasteiger partial charge in [0, 0.05) is 25.0 Å². The van der Waals surface area contributed by atoms with E-state index in [2.05, 4.69) is 11.4 Å². The van der Waals surface area contributed by atoms with Gasteiger partial charge in [-0.05, 0) is 42.9 Å². The molecule has 0 heterocycles. The van der Waals surface area contributed by atoms with Crippen LogP contribution >= 0.6 is 0 Å². The van der Waals surface area contributed by atoms with Crippen molar-refractivity contribution in [3.63, 3.8) is 0 Å². The number of carbonyl (C=O) groups is 1. The number of nitrogens with one attached hydrogen (secondary N) is 1. The lowest BCUT2D eigenvalue weighted by atomic mass is 9.90. The molecule has 22 heavy (non-hydrogen) atoms. The van der Waals surface area contributed by atoms with Crippen molar-refractivity contribution in [3.8, 4) is 0 Å². The van der Waals surface area contributed by atoms with E-state index in [1.54, 1.807) is 14.0 Å². The number of urea groups is 1. The van der Waals surface area contributed by atoms with Crippen molar-refractivity contribution < 1.29 is 13.2 Å². The summed E-state index contributed by atoms with van der Waals surface area (Å²) in [6, 6.07) is 5.73. The second kappa shape index (κ2) is 7.13. The molecule has 0 aliphatic heterocycles. The summed E-state index contributed by atoms with van der Waals surface area (Å²) in [4.78, 5) is 13.6. The summed E-state index contributed by atoms with van der Waals surface area (Å²) in [6.07, 6.45) is 4.38. The van der Waals surface area contributed by atoms with Crippen molar-refractivity contribution in [1.82, 2.24) is 4.90 Å². The average molecular weight is 324 g/mol. The number of nitrogens with zero attached hydrogens (tertiary/aromatic N) is 1. The molecule has 1 N–H and O–H groups in total. The fraction of sp³-hybridized carbons (Fsp3) is 0.562. The fourth-order valence-electron chi connectivity index (χ4n) is 2.63. The van der Waals surface area contributed by atoms with Gasteiger partial charge in [-0.15, -0.1) is 0 Å². The Morgan fingerprint density at radius 1 is 1.27 bits per heavy atom. The van der Waals surface area contributed by atoms with E-state index in [1.165, 1.54) is 22.4 Å². The molecule has 0 unspecified atom stereocenters. The van der Waals surface area contributed by atoms with Crippen LogP contribution in [-0.2, 0) is 22.7 Å². The lowest BCUT2D eigenvalue weighted by Crippen LogP contribution is -2.35. The molecular formula is C16H24N2O3S. The van der Waals surface area contributed by atoms with Gasteiger partial charge in [0.2, 0.25) is 0 Å². The van der Waals surface area contributed by atoms with E-state index in [4.69, 9.17) is 0 Å². The molecule has 5 nitrogen and oxygen atoms in total. The zero-order valence-corrected chi connectivity index (χ0v) is 14.1. The molecule has 0 aromatic heterocycles. The van der Waals surface area contributed by atoms with Gasteiger partial charge in [-0.3, -0.25) is 0 Å². The third-order valence-electron chi connectivity index (χ3n) is 4.16.